The summed E-state index contributed by atoms with van der Waals surface area (Å²) in [6.07, 6.45) is 2.50. The predicted octanol–water partition coefficient (Wildman–Crippen LogP) is 4.79. The minimum absolute atomic E-state index is 0.00488. The van der Waals surface area contributed by atoms with Gasteiger partial charge in [0.2, 0.25) is 0 Å². The van der Waals surface area contributed by atoms with Crippen LogP contribution in [0.3, 0.4) is 0 Å². The van der Waals surface area contributed by atoms with Gasteiger partial charge in [-0.15, -0.1) is 0 Å². The molecule has 0 aromatic heterocycles. The summed E-state index contributed by atoms with van der Waals surface area (Å²) < 4.78 is 0. The van der Waals surface area contributed by atoms with E-state index in [-0.39, 0.29) is 28.2 Å². The zero-order valence-electron chi connectivity index (χ0n) is 17.0. The van der Waals surface area contributed by atoms with Gasteiger partial charge in [-0.3, -0.25) is 19.7 Å². The average Bonchev–Trinajstić information content (AvgIpc) is 2.79. The maximum absolute atomic E-state index is 13.0. The van der Waals surface area contributed by atoms with Crippen molar-refractivity contribution < 1.29 is 14.5 Å². The van der Waals surface area contributed by atoms with E-state index in [1.54, 1.807) is 24.3 Å². The van der Waals surface area contributed by atoms with Crippen LogP contribution in [0.1, 0.15) is 38.3 Å². The number of nitrogens with one attached hydrogen (secondary N) is 2. The zero-order chi connectivity index (χ0) is 22.7. The number of hydrogen-bond donors (Lipinski definition) is 2. The van der Waals surface area contributed by atoms with E-state index >= 15 is 0 Å². The summed E-state index contributed by atoms with van der Waals surface area (Å²) in [5.41, 5.74) is 3.08. The fraction of sp³-hybridized carbons (Fsp3) is 0.167. The van der Waals surface area contributed by atoms with Gasteiger partial charge < -0.3 is 10.6 Å². The van der Waals surface area contributed by atoms with Gasteiger partial charge in [0, 0.05) is 18.2 Å². The minimum atomic E-state index is -0.586. The number of amides is 2. The van der Waals surface area contributed by atoms with Gasteiger partial charge in [0.15, 0.2) is 0 Å². The van der Waals surface area contributed by atoms with Crippen LogP contribution in [0.4, 0.5) is 11.4 Å². The van der Waals surface area contributed by atoms with Crippen LogP contribution in [0.25, 0.3) is 0 Å². The number of non-ortho nitro benzene ring substituents is 1. The van der Waals surface area contributed by atoms with Gasteiger partial charge in [-0.05, 0) is 48.6 Å². The van der Waals surface area contributed by atoms with Gasteiger partial charge in [0.25, 0.3) is 17.5 Å². The first-order valence-electron chi connectivity index (χ1n) is 10.1. The molecule has 7 nitrogen and oxygen atoms in total. The summed E-state index contributed by atoms with van der Waals surface area (Å²) in [5, 5.41) is 16.6. The Bertz CT molecular complexity index is 1210. The second-order valence-electron chi connectivity index (χ2n) is 7.60. The molecule has 2 amide bonds. The third-order valence-corrected chi connectivity index (χ3v) is 5.82. The first-order valence-corrected chi connectivity index (χ1v) is 10.5. The van der Waals surface area contributed by atoms with Gasteiger partial charge in [-0.25, -0.2) is 0 Å². The Labute approximate surface area is 189 Å². The molecule has 2 N–H and O–H groups in total. The molecule has 3 aromatic carbocycles. The maximum atomic E-state index is 13.0. The van der Waals surface area contributed by atoms with Crippen LogP contribution in [0, 0.1) is 10.1 Å². The number of nitro groups is 1. The Kier molecular flexibility index (Phi) is 6.18. The summed E-state index contributed by atoms with van der Waals surface area (Å²) >= 11 is 6.06. The lowest BCUT2D eigenvalue weighted by Gasteiger charge is -2.25. The van der Waals surface area contributed by atoms with Crippen LogP contribution in [0.5, 0.6) is 0 Å². The van der Waals surface area contributed by atoms with Crippen LogP contribution >= 0.6 is 11.6 Å². The number of benzene rings is 3. The highest BCUT2D eigenvalue weighted by atomic mass is 35.5. The number of nitro benzene ring substituents is 1. The second-order valence-corrected chi connectivity index (χ2v) is 8.01. The molecule has 0 saturated heterocycles. The predicted molar refractivity (Wildman–Crippen MR) is 122 cm³/mol. The first-order chi connectivity index (χ1) is 15.4. The highest BCUT2D eigenvalue weighted by molar-refractivity contribution is 6.34. The number of aryl methyl sites for hydroxylation is 1. The molecule has 32 heavy (non-hydrogen) atoms. The number of nitrogens with zero attached hydrogens (tertiary/aromatic N) is 1. The number of para-hydroxylation sites is 1. The normalized spacial score (nSPS) is 14.8. The first kappa shape index (κ1) is 21.5. The zero-order valence-corrected chi connectivity index (χ0v) is 17.8. The van der Waals surface area contributed by atoms with Crippen molar-refractivity contribution in [3.05, 3.63) is 104 Å². The minimum Gasteiger partial charge on any atom is -0.349 e. The Balaban J connectivity index is 1.49. The van der Waals surface area contributed by atoms with E-state index in [9.17, 15) is 19.7 Å². The molecular formula is C24H20ClN3O4. The average molecular weight is 450 g/mol. The maximum Gasteiger partial charge on any atom is 0.270 e. The number of anilines is 1. The number of hydrogen-bond acceptors (Lipinski definition) is 4. The molecule has 0 saturated carbocycles. The molecular weight excluding hydrogens is 430 g/mol. The summed E-state index contributed by atoms with van der Waals surface area (Å²) in [7, 11) is 0. The third-order valence-electron chi connectivity index (χ3n) is 5.51. The van der Waals surface area contributed by atoms with E-state index in [1.807, 2.05) is 12.1 Å². The number of halogens is 1. The Hall–Kier alpha value is -3.71. The molecule has 1 aliphatic rings. The van der Waals surface area contributed by atoms with Crippen LogP contribution in [-0.4, -0.2) is 22.8 Å². The van der Waals surface area contributed by atoms with Crippen molar-refractivity contribution in [2.45, 2.75) is 25.3 Å². The summed E-state index contributed by atoms with van der Waals surface area (Å²) in [6, 6.07) is 18.5. The quantitative estimate of drug-likeness (QED) is 0.432. The van der Waals surface area contributed by atoms with Gasteiger partial charge in [-0.1, -0.05) is 48.0 Å². The van der Waals surface area contributed by atoms with Crippen molar-refractivity contribution in [3.63, 3.8) is 0 Å². The molecule has 4 rings (SSSR count). The molecule has 0 radical (unpaired) electrons. The molecule has 0 spiro atoms. The van der Waals surface area contributed by atoms with E-state index in [4.69, 9.17) is 11.6 Å². The van der Waals surface area contributed by atoms with Crippen LogP contribution < -0.4 is 10.6 Å². The van der Waals surface area contributed by atoms with Crippen molar-refractivity contribution in [1.82, 2.24) is 5.32 Å². The van der Waals surface area contributed by atoms with Crippen molar-refractivity contribution in [2.24, 2.45) is 0 Å². The monoisotopic (exact) mass is 449 g/mol. The van der Waals surface area contributed by atoms with Crippen molar-refractivity contribution in [3.8, 4) is 0 Å². The molecule has 1 aliphatic carbocycles. The van der Waals surface area contributed by atoms with Crippen molar-refractivity contribution in [1.29, 1.82) is 0 Å². The number of carbonyl (C=O) groups is 2. The SMILES string of the molecule is O=C(Nc1ccccc1C(=O)NC1CCc2ccccc2C1)c1ccc([N+](=O)[O-])cc1Cl. The van der Waals surface area contributed by atoms with Gasteiger partial charge in [-0.2, -0.15) is 0 Å². The number of carbonyl (C=O) groups excluding carboxylic acids is 2. The number of rotatable bonds is 5. The summed E-state index contributed by atoms with van der Waals surface area (Å²) in [4.78, 5) is 36.0. The van der Waals surface area contributed by atoms with Crippen LogP contribution in [-0.2, 0) is 12.8 Å². The van der Waals surface area contributed by atoms with E-state index < -0.39 is 10.8 Å². The highest BCUT2D eigenvalue weighted by Gasteiger charge is 2.22. The Morgan fingerprint density at radius 1 is 0.938 bits per heavy atom. The van der Waals surface area contributed by atoms with Crippen molar-refractivity contribution >= 4 is 34.8 Å². The van der Waals surface area contributed by atoms with E-state index in [1.165, 1.54) is 23.3 Å². The van der Waals surface area contributed by atoms with E-state index in [0.717, 1.165) is 25.3 Å². The van der Waals surface area contributed by atoms with Gasteiger partial charge in [0.05, 0.1) is 26.8 Å². The Morgan fingerprint density at radius 2 is 1.66 bits per heavy atom. The fourth-order valence-electron chi connectivity index (χ4n) is 3.87. The summed E-state index contributed by atoms with van der Waals surface area (Å²) in [5.74, 6) is -0.836. The lowest BCUT2D eigenvalue weighted by atomic mass is 9.88. The Morgan fingerprint density at radius 3 is 2.41 bits per heavy atom. The molecule has 0 aliphatic heterocycles. The largest absolute Gasteiger partial charge is 0.349 e. The van der Waals surface area contributed by atoms with Gasteiger partial charge >= 0.3 is 0 Å². The molecule has 8 heteroatoms. The number of fused-ring (bicyclic) bond motifs is 1. The van der Waals surface area contributed by atoms with Crippen LogP contribution in [0.15, 0.2) is 66.7 Å². The smallest absolute Gasteiger partial charge is 0.270 e. The van der Waals surface area contributed by atoms with Crippen LogP contribution in [0.2, 0.25) is 5.02 Å². The third kappa shape index (κ3) is 4.63. The molecule has 1 unspecified atom stereocenters. The summed E-state index contributed by atoms with van der Waals surface area (Å²) in [6.45, 7) is 0. The van der Waals surface area contributed by atoms with Gasteiger partial charge in [0.1, 0.15) is 0 Å². The second kappa shape index (κ2) is 9.20. The molecule has 1 atom stereocenters. The molecule has 3 aromatic rings. The van der Waals surface area contributed by atoms with E-state index in [2.05, 4.69) is 22.8 Å². The standard InChI is InChI=1S/C24H20ClN3O4/c25-21-14-18(28(31)32)11-12-19(21)23(29)27-22-8-4-3-7-20(22)24(30)26-17-10-9-15-5-1-2-6-16(15)13-17/h1-8,11-12,14,17H,9-10,13H2,(H,26,30)(H,27,29). The lowest BCUT2D eigenvalue weighted by molar-refractivity contribution is -0.384. The molecule has 0 heterocycles. The molecule has 0 fully saturated rings. The fourth-order valence-corrected chi connectivity index (χ4v) is 4.13. The topological polar surface area (TPSA) is 101 Å². The molecule has 0 bridgehead atoms. The van der Waals surface area contributed by atoms with E-state index in [0.29, 0.717) is 11.3 Å². The van der Waals surface area contributed by atoms with Crippen molar-refractivity contribution in [2.75, 3.05) is 5.32 Å². The lowest BCUT2D eigenvalue weighted by Crippen LogP contribution is -2.39. The molecule has 162 valence electrons. The highest BCUT2D eigenvalue weighted by Crippen LogP contribution is 2.25.